The number of hydrogen-bond acceptors (Lipinski definition) is 6. The summed E-state index contributed by atoms with van der Waals surface area (Å²) in [6.45, 7) is 4.48. The van der Waals surface area contributed by atoms with Gasteiger partial charge in [0.2, 0.25) is 10.0 Å². The fourth-order valence-electron chi connectivity index (χ4n) is 1.62. The highest BCUT2D eigenvalue weighted by Gasteiger charge is 2.13. The number of hydrogen-bond donors (Lipinski definition) is 1. The third kappa shape index (κ3) is 7.30. The van der Waals surface area contributed by atoms with Crippen molar-refractivity contribution < 1.29 is 26.3 Å². The summed E-state index contributed by atoms with van der Waals surface area (Å²) in [4.78, 5) is 0.113. The second-order valence-electron chi connectivity index (χ2n) is 4.65. The zero-order valence-electron chi connectivity index (χ0n) is 13.3. The normalized spacial score (nSPS) is 12.3. The van der Waals surface area contributed by atoms with Crippen molar-refractivity contribution in [2.24, 2.45) is 0 Å². The highest BCUT2D eigenvalue weighted by Crippen LogP contribution is 2.15. The predicted octanol–water partition coefficient (Wildman–Crippen LogP) is 0.815. The molecule has 0 spiro atoms. The van der Waals surface area contributed by atoms with Crippen LogP contribution < -0.4 is 9.46 Å². The van der Waals surface area contributed by atoms with Gasteiger partial charge in [-0.3, -0.25) is 0 Å². The summed E-state index contributed by atoms with van der Waals surface area (Å²) in [6.07, 6.45) is 0. The van der Waals surface area contributed by atoms with Crippen molar-refractivity contribution in [1.82, 2.24) is 4.72 Å². The molecule has 1 aromatic carbocycles. The molecule has 0 saturated heterocycles. The number of nitrogens with one attached hydrogen (secondary N) is 1. The lowest BCUT2D eigenvalue weighted by Crippen LogP contribution is -2.27. The fraction of sp³-hybridized carbons (Fsp3) is 0.571. The Labute approximate surface area is 138 Å². The Bertz CT molecular complexity index is 668. The van der Waals surface area contributed by atoms with E-state index in [1.165, 1.54) is 24.3 Å². The smallest absolute Gasteiger partial charge is 0.240 e. The molecular formula is C14H23NO6S2. The highest BCUT2D eigenvalue weighted by atomic mass is 32.2. The number of benzene rings is 1. The summed E-state index contributed by atoms with van der Waals surface area (Å²) in [7, 11) is -6.67. The van der Waals surface area contributed by atoms with Gasteiger partial charge < -0.3 is 9.47 Å². The van der Waals surface area contributed by atoms with Gasteiger partial charge in [-0.15, -0.1) is 0 Å². The van der Waals surface area contributed by atoms with Gasteiger partial charge in [-0.1, -0.05) is 6.92 Å². The monoisotopic (exact) mass is 365 g/mol. The summed E-state index contributed by atoms with van der Waals surface area (Å²) in [6, 6.07) is 5.81. The van der Waals surface area contributed by atoms with E-state index < -0.39 is 19.9 Å². The van der Waals surface area contributed by atoms with Crippen molar-refractivity contribution in [2.45, 2.75) is 18.7 Å². The number of sulfonamides is 1. The molecule has 0 saturated carbocycles. The molecule has 23 heavy (non-hydrogen) atoms. The molecule has 132 valence electrons. The average Bonchev–Trinajstić information content (AvgIpc) is 2.52. The summed E-state index contributed by atoms with van der Waals surface area (Å²) in [5.74, 6) is 0.424. The molecule has 0 bridgehead atoms. The Morgan fingerprint density at radius 2 is 1.65 bits per heavy atom. The van der Waals surface area contributed by atoms with E-state index in [0.29, 0.717) is 19.0 Å². The Balaban J connectivity index is 2.55. The molecule has 1 rings (SSSR count). The molecule has 0 aliphatic carbocycles. The average molecular weight is 365 g/mol. The third-order valence-corrected chi connectivity index (χ3v) is 6.12. The van der Waals surface area contributed by atoms with E-state index in [2.05, 4.69) is 4.72 Å². The van der Waals surface area contributed by atoms with Crippen LogP contribution in [0.25, 0.3) is 0 Å². The molecule has 0 amide bonds. The van der Waals surface area contributed by atoms with Crippen molar-refractivity contribution in [3.05, 3.63) is 24.3 Å². The van der Waals surface area contributed by atoms with Crippen LogP contribution in [0.5, 0.6) is 5.75 Å². The Morgan fingerprint density at radius 1 is 1.00 bits per heavy atom. The van der Waals surface area contributed by atoms with Gasteiger partial charge in [0.05, 0.1) is 17.3 Å². The number of rotatable bonds is 11. The maximum Gasteiger partial charge on any atom is 0.240 e. The first-order valence-corrected chi connectivity index (χ1v) is 10.6. The van der Waals surface area contributed by atoms with Crippen molar-refractivity contribution in [2.75, 3.05) is 37.9 Å². The van der Waals surface area contributed by atoms with Crippen LogP contribution >= 0.6 is 0 Å². The Hall–Kier alpha value is -1.16. The Morgan fingerprint density at radius 3 is 2.22 bits per heavy atom. The first-order valence-electron chi connectivity index (χ1n) is 7.31. The number of sulfone groups is 1. The lowest BCUT2D eigenvalue weighted by atomic mass is 10.3. The quantitative estimate of drug-likeness (QED) is 0.583. The van der Waals surface area contributed by atoms with E-state index in [9.17, 15) is 16.8 Å². The second-order valence-corrected chi connectivity index (χ2v) is 8.89. The molecule has 0 atom stereocenters. The first kappa shape index (κ1) is 19.9. The van der Waals surface area contributed by atoms with Gasteiger partial charge in [0, 0.05) is 18.9 Å². The molecule has 9 heteroatoms. The van der Waals surface area contributed by atoms with Crippen LogP contribution in [0.4, 0.5) is 0 Å². The molecule has 0 unspecified atom stereocenters. The minimum absolute atomic E-state index is 0.0366. The fourth-order valence-corrected chi connectivity index (χ4v) is 3.26. The molecule has 0 aliphatic heterocycles. The van der Waals surface area contributed by atoms with E-state index in [4.69, 9.17) is 9.47 Å². The van der Waals surface area contributed by atoms with Crippen LogP contribution in [0.15, 0.2) is 29.2 Å². The minimum Gasteiger partial charge on any atom is -0.493 e. The van der Waals surface area contributed by atoms with Gasteiger partial charge in [0.1, 0.15) is 12.4 Å². The number of ether oxygens (including phenoxy) is 2. The lowest BCUT2D eigenvalue weighted by Gasteiger charge is -2.09. The Kier molecular flexibility index (Phi) is 7.97. The van der Waals surface area contributed by atoms with E-state index in [1.807, 2.05) is 6.92 Å². The maximum atomic E-state index is 12.0. The zero-order valence-corrected chi connectivity index (χ0v) is 15.0. The summed E-state index contributed by atoms with van der Waals surface area (Å²) >= 11 is 0. The van der Waals surface area contributed by atoms with Crippen LogP contribution in [0, 0.1) is 0 Å². The zero-order chi connectivity index (χ0) is 17.3. The van der Waals surface area contributed by atoms with Crippen molar-refractivity contribution in [3.63, 3.8) is 0 Å². The first-order chi connectivity index (χ1) is 10.8. The lowest BCUT2D eigenvalue weighted by molar-refractivity contribution is 0.153. The van der Waals surface area contributed by atoms with Gasteiger partial charge in [-0.25, -0.2) is 21.6 Å². The molecule has 0 radical (unpaired) electrons. The van der Waals surface area contributed by atoms with Gasteiger partial charge in [0.15, 0.2) is 9.84 Å². The molecular weight excluding hydrogens is 342 g/mol. The molecule has 1 N–H and O–H groups in total. The summed E-state index contributed by atoms with van der Waals surface area (Å²) in [5, 5.41) is 0. The topological polar surface area (TPSA) is 98.8 Å². The van der Waals surface area contributed by atoms with Crippen LogP contribution in [0.2, 0.25) is 0 Å². The van der Waals surface area contributed by atoms with Crippen LogP contribution in [0.3, 0.4) is 0 Å². The summed E-state index contributed by atoms with van der Waals surface area (Å²) in [5.41, 5.74) is 0. The molecule has 0 heterocycles. The maximum absolute atomic E-state index is 12.0. The molecule has 7 nitrogen and oxygen atoms in total. The van der Waals surface area contributed by atoms with Gasteiger partial charge >= 0.3 is 0 Å². The van der Waals surface area contributed by atoms with Crippen LogP contribution in [0.1, 0.15) is 13.8 Å². The van der Waals surface area contributed by atoms with E-state index in [-0.39, 0.29) is 29.6 Å². The molecule has 1 aromatic rings. The van der Waals surface area contributed by atoms with Crippen molar-refractivity contribution in [3.8, 4) is 5.75 Å². The van der Waals surface area contributed by atoms with Gasteiger partial charge in [0.25, 0.3) is 0 Å². The standard InChI is InChI=1S/C14H23NO6S2/c1-3-20-10-9-15-23(18,19)14-7-5-13(6-8-14)21-11-12-22(16,17)4-2/h5-8,15H,3-4,9-12H2,1-2H3. The molecule has 0 fully saturated rings. The van der Waals surface area contributed by atoms with Gasteiger partial charge in [-0.05, 0) is 31.2 Å². The summed E-state index contributed by atoms with van der Waals surface area (Å²) < 4.78 is 59.5. The largest absolute Gasteiger partial charge is 0.493 e. The van der Waals surface area contributed by atoms with E-state index in [1.54, 1.807) is 6.92 Å². The van der Waals surface area contributed by atoms with Crippen LogP contribution in [-0.2, 0) is 24.6 Å². The molecule has 0 aromatic heterocycles. The SMILES string of the molecule is CCOCCNS(=O)(=O)c1ccc(OCCS(=O)(=O)CC)cc1. The van der Waals surface area contributed by atoms with E-state index >= 15 is 0 Å². The molecule has 0 aliphatic rings. The minimum atomic E-state index is -3.59. The van der Waals surface area contributed by atoms with E-state index in [0.717, 1.165) is 0 Å². The predicted molar refractivity (Wildman–Crippen MR) is 87.9 cm³/mol. The second kappa shape index (κ2) is 9.21. The van der Waals surface area contributed by atoms with Crippen molar-refractivity contribution >= 4 is 19.9 Å². The van der Waals surface area contributed by atoms with Gasteiger partial charge in [-0.2, -0.15) is 0 Å². The highest BCUT2D eigenvalue weighted by molar-refractivity contribution is 7.91. The van der Waals surface area contributed by atoms with Crippen molar-refractivity contribution in [1.29, 1.82) is 0 Å². The third-order valence-electron chi connectivity index (χ3n) is 2.98. The van der Waals surface area contributed by atoms with Crippen LogP contribution in [-0.4, -0.2) is 54.7 Å².